The van der Waals surface area contributed by atoms with Gasteiger partial charge < -0.3 is 5.32 Å². The highest BCUT2D eigenvalue weighted by Gasteiger charge is 2.37. The first kappa shape index (κ1) is 16.5. The summed E-state index contributed by atoms with van der Waals surface area (Å²) in [6.45, 7) is 0. The number of alkyl halides is 3. The van der Waals surface area contributed by atoms with Crippen molar-refractivity contribution in [1.29, 1.82) is 0 Å². The van der Waals surface area contributed by atoms with Crippen LogP contribution in [0.2, 0.25) is 0 Å². The van der Waals surface area contributed by atoms with Crippen molar-refractivity contribution in [2.24, 2.45) is 0 Å². The topological polar surface area (TPSA) is 59.8 Å². The Balaban J connectivity index is 1.93. The maximum Gasteiger partial charge on any atom is 0.453 e. The van der Waals surface area contributed by atoms with Gasteiger partial charge in [-0.2, -0.15) is 13.2 Å². The molecule has 1 saturated heterocycles. The van der Waals surface area contributed by atoms with Crippen molar-refractivity contribution in [2.45, 2.75) is 44.3 Å². The van der Waals surface area contributed by atoms with Gasteiger partial charge in [0.2, 0.25) is 5.91 Å². The van der Waals surface area contributed by atoms with Crippen molar-refractivity contribution in [1.82, 2.24) is 20.1 Å². The van der Waals surface area contributed by atoms with Crippen molar-refractivity contribution in [3.63, 3.8) is 0 Å². The fourth-order valence-electron chi connectivity index (χ4n) is 2.79. The SMILES string of the molecule is O=C1CCCCC(Cc2nc(C(F)(F)F)nn2-c2ccccc2)N1. The molecule has 1 fully saturated rings. The summed E-state index contributed by atoms with van der Waals surface area (Å²) in [6.07, 6.45) is -1.58. The monoisotopic (exact) mass is 338 g/mol. The van der Waals surface area contributed by atoms with Crippen LogP contribution in [-0.4, -0.2) is 26.7 Å². The number of amides is 1. The molecule has 0 radical (unpaired) electrons. The molecule has 0 saturated carbocycles. The van der Waals surface area contributed by atoms with E-state index in [1.54, 1.807) is 30.3 Å². The predicted molar refractivity (Wildman–Crippen MR) is 80.5 cm³/mol. The van der Waals surface area contributed by atoms with E-state index in [2.05, 4.69) is 15.4 Å². The summed E-state index contributed by atoms with van der Waals surface area (Å²) in [4.78, 5) is 15.4. The number of nitrogens with one attached hydrogen (secondary N) is 1. The zero-order valence-corrected chi connectivity index (χ0v) is 12.9. The fourth-order valence-corrected chi connectivity index (χ4v) is 2.79. The second kappa shape index (κ2) is 6.62. The normalized spacial score (nSPS) is 19.0. The predicted octanol–water partition coefficient (Wildman–Crippen LogP) is 2.89. The van der Waals surface area contributed by atoms with E-state index in [0.29, 0.717) is 12.1 Å². The molecule has 8 heteroatoms. The number of aromatic nitrogens is 3. The van der Waals surface area contributed by atoms with E-state index in [-0.39, 0.29) is 24.2 Å². The van der Waals surface area contributed by atoms with E-state index in [1.165, 1.54) is 4.68 Å². The van der Waals surface area contributed by atoms with E-state index in [9.17, 15) is 18.0 Å². The van der Waals surface area contributed by atoms with Crippen LogP contribution in [0, 0.1) is 0 Å². The highest BCUT2D eigenvalue weighted by Crippen LogP contribution is 2.28. The molecule has 1 N–H and O–H groups in total. The first-order valence-corrected chi connectivity index (χ1v) is 7.81. The van der Waals surface area contributed by atoms with Crippen LogP contribution in [0.4, 0.5) is 13.2 Å². The Bertz CT molecular complexity index is 712. The Kier molecular flexibility index (Phi) is 4.55. The maximum atomic E-state index is 13.0. The van der Waals surface area contributed by atoms with E-state index in [0.717, 1.165) is 19.3 Å². The average molecular weight is 338 g/mol. The van der Waals surface area contributed by atoms with Crippen molar-refractivity contribution >= 4 is 5.91 Å². The smallest absolute Gasteiger partial charge is 0.353 e. The molecular formula is C16H17F3N4O. The molecule has 1 aromatic heterocycles. The number of hydrogen-bond acceptors (Lipinski definition) is 3. The van der Waals surface area contributed by atoms with Crippen molar-refractivity contribution < 1.29 is 18.0 Å². The third kappa shape index (κ3) is 3.74. The molecule has 1 atom stereocenters. The summed E-state index contributed by atoms with van der Waals surface area (Å²) in [6, 6.07) is 8.33. The molecule has 2 aromatic rings. The summed E-state index contributed by atoms with van der Waals surface area (Å²) < 4.78 is 40.2. The van der Waals surface area contributed by atoms with E-state index in [1.807, 2.05) is 0 Å². The fraction of sp³-hybridized carbons (Fsp3) is 0.438. The van der Waals surface area contributed by atoms with Gasteiger partial charge in [0.25, 0.3) is 5.82 Å². The zero-order valence-electron chi connectivity index (χ0n) is 12.9. The number of rotatable bonds is 3. The minimum atomic E-state index is -4.61. The van der Waals surface area contributed by atoms with Gasteiger partial charge in [-0.25, -0.2) is 9.67 Å². The summed E-state index contributed by atoms with van der Waals surface area (Å²) >= 11 is 0. The molecule has 2 heterocycles. The Morgan fingerprint density at radius 1 is 1.21 bits per heavy atom. The van der Waals surface area contributed by atoms with Crippen LogP contribution in [0.3, 0.4) is 0 Å². The van der Waals surface area contributed by atoms with Gasteiger partial charge in [-0.15, -0.1) is 5.10 Å². The second-order valence-corrected chi connectivity index (χ2v) is 5.81. The molecule has 24 heavy (non-hydrogen) atoms. The summed E-state index contributed by atoms with van der Waals surface area (Å²) in [5.74, 6) is -1.04. The van der Waals surface area contributed by atoms with Crippen LogP contribution in [0.25, 0.3) is 5.69 Å². The van der Waals surface area contributed by atoms with Crippen LogP contribution in [0.1, 0.15) is 37.3 Å². The zero-order chi connectivity index (χ0) is 17.2. The summed E-state index contributed by atoms with van der Waals surface area (Å²) in [5, 5.41) is 6.48. The summed E-state index contributed by atoms with van der Waals surface area (Å²) in [5.41, 5.74) is 0.510. The molecule has 1 aliphatic heterocycles. The lowest BCUT2D eigenvalue weighted by Crippen LogP contribution is -2.35. The number of benzene rings is 1. The van der Waals surface area contributed by atoms with Crippen molar-refractivity contribution in [2.75, 3.05) is 0 Å². The van der Waals surface area contributed by atoms with Crippen molar-refractivity contribution in [3.05, 3.63) is 42.0 Å². The number of para-hydroxylation sites is 1. The van der Waals surface area contributed by atoms with Crippen molar-refractivity contribution in [3.8, 4) is 5.69 Å². The number of hydrogen-bond donors (Lipinski definition) is 1. The Hall–Kier alpha value is -2.38. The lowest BCUT2D eigenvalue weighted by atomic mass is 10.1. The van der Waals surface area contributed by atoms with Crippen LogP contribution in [0.5, 0.6) is 0 Å². The maximum absolute atomic E-state index is 13.0. The molecule has 0 spiro atoms. The molecule has 1 aromatic carbocycles. The van der Waals surface area contributed by atoms with Gasteiger partial charge >= 0.3 is 6.18 Å². The number of carbonyl (C=O) groups excluding carboxylic acids is 1. The molecule has 0 bridgehead atoms. The quantitative estimate of drug-likeness (QED) is 0.936. The highest BCUT2D eigenvalue weighted by molar-refractivity contribution is 5.76. The molecule has 1 aliphatic rings. The van der Waals surface area contributed by atoms with Gasteiger partial charge in [0.1, 0.15) is 5.82 Å². The van der Waals surface area contributed by atoms with Gasteiger partial charge in [0, 0.05) is 18.9 Å². The molecule has 1 unspecified atom stereocenters. The largest absolute Gasteiger partial charge is 0.453 e. The molecular weight excluding hydrogens is 321 g/mol. The number of carbonyl (C=O) groups is 1. The second-order valence-electron chi connectivity index (χ2n) is 5.81. The first-order chi connectivity index (χ1) is 11.4. The van der Waals surface area contributed by atoms with Gasteiger partial charge in [0.05, 0.1) is 5.69 Å². The third-order valence-corrected chi connectivity index (χ3v) is 3.93. The Morgan fingerprint density at radius 3 is 2.67 bits per heavy atom. The molecule has 0 aliphatic carbocycles. The molecule has 5 nitrogen and oxygen atoms in total. The molecule has 1 amide bonds. The lowest BCUT2D eigenvalue weighted by Gasteiger charge is -2.15. The van der Waals surface area contributed by atoms with Gasteiger partial charge in [-0.1, -0.05) is 24.6 Å². The number of halogens is 3. The average Bonchev–Trinajstić information content (AvgIpc) is 2.85. The van der Waals surface area contributed by atoms with Crippen LogP contribution in [0.15, 0.2) is 30.3 Å². The minimum absolute atomic E-state index is 0.0701. The lowest BCUT2D eigenvalue weighted by molar-refractivity contribution is -0.144. The standard InChI is InChI=1S/C16H17F3N4O/c17-16(18,19)15-21-13(10-11-6-4-5-9-14(24)20-11)23(22-15)12-7-2-1-3-8-12/h1-3,7-8,11H,4-6,9-10H2,(H,20,24). The first-order valence-electron chi connectivity index (χ1n) is 7.81. The van der Waals surface area contributed by atoms with Crippen LogP contribution < -0.4 is 5.32 Å². The highest BCUT2D eigenvalue weighted by atomic mass is 19.4. The molecule has 3 rings (SSSR count). The van der Waals surface area contributed by atoms with Gasteiger partial charge in [-0.05, 0) is 25.0 Å². The third-order valence-electron chi connectivity index (χ3n) is 3.93. The molecule has 128 valence electrons. The van der Waals surface area contributed by atoms with Crippen LogP contribution >= 0.6 is 0 Å². The van der Waals surface area contributed by atoms with E-state index >= 15 is 0 Å². The minimum Gasteiger partial charge on any atom is -0.353 e. The Labute approximate surface area is 136 Å². The van der Waals surface area contributed by atoms with E-state index in [4.69, 9.17) is 0 Å². The van der Waals surface area contributed by atoms with E-state index < -0.39 is 12.0 Å². The van der Waals surface area contributed by atoms with Gasteiger partial charge in [-0.3, -0.25) is 4.79 Å². The Morgan fingerprint density at radius 2 is 1.96 bits per heavy atom. The van der Waals surface area contributed by atoms with Crippen LogP contribution in [-0.2, 0) is 17.4 Å². The number of nitrogens with zero attached hydrogens (tertiary/aromatic N) is 3. The van der Waals surface area contributed by atoms with Gasteiger partial charge in [0.15, 0.2) is 0 Å². The summed E-state index contributed by atoms with van der Waals surface area (Å²) in [7, 11) is 0.